The van der Waals surface area contributed by atoms with Crippen molar-refractivity contribution in [3.63, 3.8) is 0 Å². The summed E-state index contributed by atoms with van der Waals surface area (Å²) in [7, 11) is 0. The van der Waals surface area contributed by atoms with Gasteiger partial charge in [-0.25, -0.2) is 19.7 Å². The van der Waals surface area contributed by atoms with Crippen LogP contribution in [0.25, 0.3) is 22.4 Å². The van der Waals surface area contributed by atoms with Gasteiger partial charge in [-0.2, -0.15) is 0 Å². The molecule has 206 valence electrons. The fraction of sp³-hybridized carbons (Fsp3) is 0.400. The highest BCUT2D eigenvalue weighted by molar-refractivity contribution is 6.30. The van der Waals surface area contributed by atoms with E-state index >= 15 is 0 Å². The molecule has 3 aromatic heterocycles. The van der Waals surface area contributed by atoms with Crippen LogP contribution in [0.15, 0.2) is 48.8 Å². The van der Waals surface area contributed by atoms with E-state index in [1.807, 2.05) is 6.07 Å². The SMILES string of the molecule is CC1CCC(Cn2c(C3(c4ccccc4)CCC3)nc3nc(C(=N)OC(N)=O)nc(-c4cncc(Cl)c4)c32)CC1. The quantitative estimate of drug-likeness (QED) is 0.212. The molecule has 0 radical (unpaired) electrons. The van der Waals surface area contributed by atoms with Crippen molar-refractivity contribution >= 4 is 34.8 Å². The van der Waals surface area contributed by atoms with Crippen molar-refractivity contribution in [2.45, 2.75) is 63.8 Å². The Labute approximate surface area is 237 Å². The Kier molecular flexibility index (Phi) is 7.00. The van der Waals surface area contributed by atoms with Crippen LogP contribution in [0.1, 0.15) is 69.1 Å². The van der Waals surface area contributed by atoms with Gasteiger partial charge >= 0.3 is 6.09 Å². The first kappa shape index (κ1) is 26.4. The Morgan fingerprint density at radius 3 is 2.52 bits per heavy atom. The summed E-state index contributed by atoms with van der Waals surface area (Å²) in [5.41, 5.74) is 8.61. The molecule has 9 nitrogen and oxygen atoms in total. The summed E-state index contributed by atoms with van der Waals surface area (Å²) in [4.78, 5) is 30.3. The number of fused-ring (bicyclic) bond motifs is 1. The summed E-state index contributed by atoms with van der Waals surface area (Å²) >= 11 is 6.36. The van der Waals surface area contributed by atoms with Crippen molar-refractivity contribution < 1.29 is 9.53 Å². The Hall–Kier alpha value is -3.85. The second-order valence-electron chi connectivity index (χ2n) is 11.2. The molecule has 0 bridgehead atoms. The second kappa shape index (κ2) is 10.6. The number of benzene rings is 1. The minimum absolute atomic E-state index is 0.0775. The topological polar surface area (TPSA) is 133 Å². The van der Waals surface area contributed by atoms with Crippen LogP contribution >= 0.6 is 11.6 Å². The lowest BCUT2D eigenvalue weighted by molar-refractivity contribution is 0.207. The van der Waals surface area contributed by atoms with Crippen molar-refractivity contribution in [1.82, 2.24) is 24.5 Å². The highest BCUT2D eigenvalue weighted by atomic mass is 35.5. The van der Waals surface area contributed by atoms with E-state index in [1.54, 1.807) is 18.5 Å². The number of primary amides is 1. The number of nitrogens with two attached hydrogens (primary N) is 1. The molecule has 0 spiro atoms. The molecule has 2 aliphatic rings. The number of carbonyl (C=O) groups is 1. The lowest BCUT2D eigenvalue weighted by atomic mass is 9.63. The third kappa shape index (κ3) is 4.83. The summed E-state index contributed by atoms with van der Waals surface area (Å²) < 4.78 is 7.18. The minimum atomic E-state index is -1.10. The fourth-order valence-electron chi connectivity index (χ4n) is 6.27. The van der Waals surface area contributed by atoms with Gasteiger partial charge in [-0.3, -0.25) is 10.4 Å². The van der Waals surface area contributed by atoms with E-state index in [-0.39, 0.29) is 11.2 Å². The number of ether oxygens (including phenoxy) is 1. The fourth-order valence-corrected chi connectivity index (χ4v) is 6.44. The largest absolute Gasteiger partial charge is 0.411 e. The maximum atomic E-state index is 11.4. The molecule has 40 heavy (non-hydrogen) atoms. The molecule has 2 saturated carbocycles. The number of imidazole rings is 1. The number of pyridine rings is 1. The van der Waals surface area contributed by atoms with E-state index in [0.29, 0.717) is 27.8 Å². The zero-order valence-corrected chi connectivity index (χ0v) is 23.2. The number of halogens is 1. The molecule has 2 aliphatic carbocycles. The monoisotopic (exact) mass is 557 g/mol. The average Bonchev–Trinajstić information content (AvgIpc) is 3.27. The number of amides is 1. The van der Waals surface area contributed by atoms with Crippen molar-refractivity contribution in [2.24, 2.45) is 17.6 Å². The maximum Gasteiger partial charge on any atom is 0.411 e. The zero-order chi connectivity index (χ0) is 27.9. The summed E-state index contributed by atoms with van der Waals surface area (Å²) in [6.45, 7) is 3.13. The van der Waals surface area contributed by atoms with Gasteiger partial charge in [0.15, 0.2) is 5.65 Å². The van der Waals surface area contributed by atoms with Crippen LogP contribution in [0, 0.1) is 17.2 Å². The highest BCUT2D eigenvalue weighted by Gasteiger charge is 2.45. The predicted molar refractivity (Wildman–Crippen MR) is 153 cm³/mol. The van der Waals surface area contributed by atoms with Crippen LogP contribution in [0.4, 0.5) is 4.79 Å². The summed E-state index contributed by atoms with van der Waals surface area (Å²) in [5, 5.41) is 8.76. The van der Waals surface area contributed by atoms with Crippen molar-refractivity contribution in [3.05, 3.63) is 71.0 Å². The Balaban J connectivity index is 1.60. The van der Waals surface area contributed by atoms with E-state index in [9.17, 15) is 4.79 Å². The molecule has 0 unspecified atom stereocenters. The molecular formula is C30H32ClN7O2. The molecular weight excluding hydrogens is 526 g/mol. The number of carbonyl (C=O) groups excluding carboxylic acids is 1. The van der Waals surface area contributed by atoms with Crippen molar-refractivity contribution in [3.8, 4) is 11.3 Å². The normalized spacial score (nSPS) is 20.1. The van der Waals surface area contributed by atoms with Crippen LogP contribution < -0.4 is 5.73 Å². The van der Waals surface area contributed by atoms with Gasteiger partial charge in [-0.05, 0) is 49.1 Å². The third-order valence-corrected chi connectivity index (χ3v) is 8.73. The van der Waals surface area contributed by atoms with E-state index in [1.165, 1.54) is 18.4 Å². The number of aromatic nitrogens is 5. The van der Waals surface area contributed by atoms with Gasteiger partial charge in [0.05, 0.1) is 10.4 Å². The van der Waals surface area contributed by atoms with Crippen molar-refractivity contribution in [1.29, 1.82) is 5.41 Å². The van der Waals surface area contributed by atoms with E-state index < -0.39 is 12.0 Å². The smallest absolute Gasteiger partial charge is 0.388 e. The molecule has 0 aliphatic heterocycles. The van der Waals surface area contributed by atoms with Gasteiger partial charge in [0.2, 0.25) is 5.82 Å². The standard InChI is InChI=1S/C30H32ClN7O2/c1-18-8-10-19(11-9-18)17-38-24-23(20-14-22(31)16-34-15-20)35-27(25(32)40-29(33)39)36-26(24)37-28(38)30(12-5-13-30)21-6-3-2-4-7-21/h2-4,6-7,14-16,18-19,32H,5,8-13,17H2,1H3,(H2,33,39). The Morgan fingerprint density at radius 2 is 1.88 bits per heavy atom. The number of rotatable bonds is 6. The van der Waals surface area contributed by atoms with Crippen LogP contribution in [0.5, 0.6) is 0 Å². The van der Waals surface area contributed by atoms with Crippen LogP contribution in [-0.2, 0) is 16.7 Å². The molecule has 0 atom stereocenters. The van der Waals surface area contributed by atoms with Crippen LogP contribution in [0.2, 0.25) is 5.02 Å². The highest BCUT2D eigenvalue weighted by Crippen LogP contribution is 2.50. The van der Waals surface area contributed by atoms with Gasteiger partial charge in [-0.15, -0.1) is 0 Å². The summed E-state index contributed by atoms with van der Waals surface area (Å²) in [6, 6.07) is 12.3. The van der Waals surface area contributed by atoms with Gasteiger partial charge < -0.3 is 15.0 Å². The maximum absolute atomic E-state index is 11.4. The predicted octanol–water partition coefficient (Wildman–Crippen LogP) is 6.26. The van der Waals surface area contributed by atoms with Gasteiger partial charge in [0.25, 0.3) is 5.90 Å². The molecule has 10 heteroatoms. The molecule has 0 saturated heterocycles. The lowest BCUT2D eigenvalue weighted by Crippen LogP contribution is -2.39. The number of nitrogens with zero attached hydrogens (tertiary/aromatic N) is 5. The summed E-state index contributed by atoms with van der Waals surface area (Å²) in [5.74, 6) is 1.59. The Bertz CT molecular complexity index is 1570. The third-order valence-electron chi connectivity index (χ3n) is 8.52. The lowest BCUT2D eigenvalue weighted by Gasteiger charge is -2.42. The molecule has 2 fully saturated rings. The van der Waals surface area contributed by atoms with E-state index in [2.05, 4.69) is 45.7 Å². The van der Waals surface area contributed by atoms with E-state index in [4.69, 9.17) is 37.4 Å². The molecule has 3 heterocycles. The van der Waals surface area contributed by atoms with Gasteiger partial charge in [0, 0.05) is 24.5 Å². The number of hydrogen-bond acceptors (Lipinski definition) is 7. The van der Waals surface area contributed by atoms with Crippen LogP contribution in [0.3, 0.4) is 0 Å². The first-order chi connectivity index (χ1) is 19.3. The summed E-state index contributed by atoms with van der Waals surface area (Å²) in [6.07, 6.45) is 9.96. The Morgan fingerprint density at radius 1 is 1.12 bits per heavy atom. The number of hydrogen-bond donors (Lipinski definition) is 2. The second-order valence-corrected chi connectivity index (χ2v) is 11.6. The van der Waals surface area contributed by atoms with Gasteiger partial charge in [0.1, 0.15) is 17.0 Å². The average molecular weight is 558 g/mol. The molecule has 1 aromatic carbocycles. The minimum Gasteiger partial charge on any atom is -0.388 e. The first-order valence-electron chi connectivity index (χ1n) is 13.9. The number of nitrogens with one attached hydrogen (secondary N) is 1. The molecule has 6 rings (SSSR count). The first-order valence-corrected chi connectivity index (χ1v) is 14.2. The van der Waals surface area contributed by atoms with Crippen LogP contribution in [-0.4, -0.2) is 36.5 Å². The van der Waals surface area contributed by atoms with Crippen molar-refractivity contribution in [2.75, 3.05) is 0 Å². The molecule has 1 amide bonds. The zero-order valence-electron chi connectivity index (χ0n) is 22.4. The van der Waals surface area contributed by atoms with E-state index in [0.717, 1.165) is 55.9 Å². The van der Waals surface area contributed by atoms with Gasteiger partial charge in [-0.1, -0.05) is 68.1 Å². The molecule has 4 aromatic rings. The molecule has 3 N–H and O–H groups in total.